The molecule has 1 saturated heterocycles. The second-order valence-corrected chi connectivity index (χ2v) is 11.9. The molecule has 3 aliphatic rings. The number of nitrogens with one attached hydrogen (secondary N) is 2. The average molecular weight is 568 g/mol. The van der Waals surface area contributed by atoms with E-state index in [1.165, 1.54) is 0 Å². The van der Waals surface area contributed by atoms with Crippen LogP contribution in [0.1, 0.15) is 54.7 Å². The summed E-state index contributed by atoms with van der Waals surface area (Å²) in [4.78, 5) is 40.6. The van der Waals surface area contributed by atoms with Gasteiger partial charge in [-0.3, -0.25) is 14.5 Å². The van der Waals surface area contributed by atoms with Gasteiger partial charge in [-0.2, -0.15) is 0 Å². The van der Waals surface area contributed by atoms with Gasteiger partial charge in [0.25, 0.3) is 0 Å². The molecule has 0 radical (unpaired) electrons. The topological polar surface area (TPSA) is 108 Å². The lowest BCUT2D eigenvalue weighted by molar-refractivity contribution is -0.138. The van der Waals surface area contributed by atoms with E-state index >= 15 is 0 Å². The summed E-state index contributed by atoms with van der Waals surface area (Å²) in [6.07, 6.45) is 2.10. The predicted molar refractivity (Wildman–Crippen MR) is 159 cm³/mol. The summed E-state index contributed by atoms with van der Waals surface area (Å²) in [6, 6.07) is 26.3. The number of carboxylic acid groups (broad SMARTS) is 1. The molecule has 1 saturated carbocycles. The number of carboxylic acids is 1. The number of ether oxygens (including phenoxy) is 1. The Hall–Kier alpha value is -4.17. The van der Waals surface area contributed by atoms with Gasteiger partial charge in [0.05, 0.1) is 0 Å². The number of rotatable bonds is 9. The molecule has 6 rings (SSSR count). The Bertz CT molecular complexity index is 1410. The van der Waals surface area contributed by atoms with Crippen LogP contribution in [0.25, 0.3) is 11.1 Å². The van der Waals surface area contributed by atoms with Gasteiger partial charge in [0.1, 0.15) is 12.1 Å². The molecule has 3 aromatic rings. The number of likely N-dealkylation sites (tertiary alicyclic amines) is 1. The molecule has 0 spiro atoms. The van der Waals surface area contributed by atoms with E-state index in [4.69, 9.17) is 4.74 Å². The molecule has 0 aromatic heterocycles. The van der Waals surface area contributed by atoms with Crippen molar-refractivity contribution >= 4 is 18.0 Å². The second-order valence-electron chi connectivity index (χ2n) is 11.9. The largest absolute Gasteiger partial charge is 0.481 e. The van der Waals surface area contributed by atoms with E-state index in [1.54, 1.807) is 0 Å². The molecule has 0 bridgehead atoms. The summed E-state index contributed by atoms with van der Waals surface area (Å²) in [5.74, 6) is -1.06. The predicted octanol–water partition coefficient (Wildman–Crippen LogP) is 4.93. The van der Waals surface area contributed by atoms with Crippen molar-refractivity contribution in [1.29, 1.82) is 0 Å². The Kier molecular flexibility index (Phi) is 7.98. The number of benzene rings is 3. The molecule has 8 heteroatoms. The fraction of sp³-hybridized carbons (Fsp3) is 0.382. The van der Waals surface area contributed by atoms with Gasteiger partial charge in [-0.25, -0.2) is 4.79 Å². The molecule has 1 unspecified atom stereocenters. The van der Waals surface area contributed by atoms with Crippen molar-refractivity contribution in [2.75, 3.05) is 19.7 Å². The molecule has 3 aromatic carbocycles. The standard InChI is InChI=1S/C34H37N3O5/c38-31(39)19-24-14-15-25(18-24)35-32(40)34(16-17-37(22-34)20-23-8-2-1-3-9-23)36-33(41)42-21-30-28-12-6-4-10-26(28)27-11-5-7-13-29(27)30/h1-13,24-25,30H,14-22H2,(H,35,40)(H,36,41)(H,38,39)/t24-,25+,34?/m1/s1. The first kappa shape index (κ1) is 28.0. The van der Waals surface area contributed by atoms with Gasteiger partial charge in [-0.05, 0) is 59.4 Å². The Balaban J connectivity index is 1.15. The zero-order valence-corrected chi connectivity index (χ0v) is 23.6. The Morgan fingerprint density at radius 3 is 2.26 bits per heavy atom. The molecular weight excluding hydrogens is 530 g/mol. The maximum absolute atomic E-state index is 13.8. The summed E-state index contributed by atoms with van der Waals surface area (Å²) < 4.78 is 5.85. The smallest absolute Gasteiger partial charge is 0.408 e. The highest BCUT2D eigenvalue weighted by Gasteiger charge is 2.47. The second kappa shape index (κ2) is 12.0. The molecule has 218 valence electrons. The van der Waals surface area contributed by atoms with Crippen molar-refractivity contribution < 1.29 is 24.2 Å². The monoisotopic (exact) mass is 567 g/mol. The fourth-order valence-electron chi connectivity index (χ4n) is 7.00. The van der Waals surface area contributed by atoms with E-state index in [-0.39, 0.29) is 36.8 Å². The summed E-state index contributed by atoms with van der Waals surface area (Å²) in [5.41, 5.74) is 4.58. The van der Waals surface area contributed by atoms with Crippen molar-refractivity contribution in [3.63, 3.8) is 0 Å². The molecule has 2 fully saturated rings. The molecule has 2 aliphatic carbocycles. The van der Waals surface area contributed by atoms with Crippen LogP contribution in [0.2, 0.25) is 0 Å². The van der Waals surface area contributed by atoms with E-state index in [1.807, 2.05) is 42.5 Å². The van der Waals surface area contributed by atoms with Crippen molar-refractivity contribution in [1.82, 2.24) is 15.5 Å². The highest BCUT2D eigenvalue weighted by Crippen LogP contribution is 2.44. The highest BCUT2D eigenvalue weighted by atomic mass is 16.5. The van der Waals surface area contributed by atoms with Gasteiger partial charge in [0.2, 0.25) is 5.91 Å². The van der Waals surface area contributed by atoms with Crippen LogP contribution in [-0.2, 0) is 20.9 Å². The molecule has 2 amide bonds. The number of hydrogen-bond donors (Lipinski definition) is 3. The molecular formula is C34H37N3O5. The number of alkyl carbamates (subject to hydrolysis) is 1. The number of aliphatic carboxylic acids is 1. The van der Waals surface area contributed by atoms with Crippen LogP contribution in [-0.4, -0.2) is 59.3 Å². The minimum Gasteiger partial charge on any atom is -0.481 e. The molecule has 42 heavy (non-hydrogen) atoms. The van der Waals surface area contributed by atoms with Crippen molar-refractivity contribution in [2.24, 2.45) is 5.92 Å². The maximum Gasteiger partial charge on any atom is 0.408 e. The zero-order valence-electron chi connectivity index (χ0n) is 23.6. The first-order chi connectivity index (χ1) is 20.4. The van der Waals surface area contributed by atoms with Crippen LogP contribution in [0.4, 0.5) is 4.79 Å². The number of hydrogen-bond acceptors (Lipinski definition) is 5. The SMILES string of the molecule is O=C(O)C[C@@H]1CC[C@H](NC(=O)C2(NC(=O)OCC3c4ccccc4-c4ccccc43)CCN(Cc3ccccc3)C2)C1. The van der Waals surface area contributed by atoms with Crippen molar-refractivity contribution in [2.45, 2.75) is 56.1 Å². The number of carbonyl (C=O) groups is 3. The van der Waals surface area contributed by atoms with Crippen LogP contribution < -0.4 is 10.6 Å². The molecule has 3 N–H and O–H groups in total. The lowest BCUT2D eigenvalue weighted by atomic mass is 9.96. The Morgan fingerprint density at radius 1 is 0.905 bits per heavy atom. The van der Waals surface area contributed by atoms with E-state index in [0.717, 1.165) is 40.7 Å². The molecule has 3 atom stereocenters. The maximum atomic E-state index is 13.8. The lowest BCUT2D eigenvalue weighted by Crippen LogP contribution is -2.61. The van der Waals surface area contributed by atoms with Gasteiger partial charge < -0.3 is 20.5 Å². The van der Waals surface area contributed by atoms with Crippen molar-refractivity contribution in [3.05, 3.63) is 95.6 Å². The number of nitrogens with zero attached hydrogens (tertiary/aromatic N) is 1. The lowest BCUT2D eigenvalue weighted by Gasteiger charge is -2.31. The van der Waals surface area contributed by atoms with Crippen LogP contribution in [0, 0.1) is 5.92 Å². The van der Waals surface area contributed by atoms with Gasteiger partial charge in [0.15, 0.2) is 0 Å². The van der Waals surface area contributed by atoms with Gasteiger partial charge in [-0.1, -0.05) is 78.9 Å². The fourth-order valence-corrected chi connectivity index (χ4v) is 7.00. The minimum atomic E-state index is -1.14. The van der Waals surface area contributed by atoms with E-state index in [9.17, 15) is 19.5 Å². The molecule has 1 heterocycles. The number of fused-ring (bicyclic) bond motifs is 3. The normalized spacial score (nSPS) is 23.2. The van der Waals surface area contributed by atoms with Gasteiger partial charge >= 0.3 is 12.1 Å². The summed E-state index contributed by atoms with van der Waals surface area (Å²) in [7, 11) is 0. The van der Waals surface area contributed by atoms with E-state index in [0.29, 0.717) is 32.5 Å². The van der Waals surface area contributed by atoms with E-state index in [2.05, 4.69) is 51.9 Å². The third-order valence-electron chi connectivity index (χ3n) is 9.06. The van der Waals surface area contributed by atoms with Crippen LogP contribution in [0.3, 0.4) is 0 Å². The third-order valence-corrected chi connectivity index (χ3v) is 9.06. The summed E-state index contributed by atoms with van der Waals surface area (Å²) in [6.45, 7) is 1.86. The van der Waals surface area contributed by atoms with Crippen LogP contribution in [0.5, 0.6) is 0 Å². The zero-order chi connectivity index (χ0) is 29.1. The van der Waals surface area contributed by atoms with Crippen LogP contribution in [0.15, 0.2) is 78.9 Å². The highest BCUT2D eigenvalue weighted by molar-refractivity contribution is 5.91. The summed E-state index contributed by atoms with van der Waals surface area (Å²) >= 11 is 0. The first-order valence-electron chi connectivity index (χ1n) is 14.8. The Morgan fingerprint density at radius 2 is 1.57 bits per heavy atom. The minimum absolute atomic E-state index is 0.0528. The first-order valence-corrected chi connectivity index (χ1v) is 14.8. The quantitative estimate of drug-likeness (QED) is 0.339. The number of amides is 2. The Labute approximate surface area is 246 Å². The summed E-state index contributed by atoms with van der Waals surface area (Å²) in [5, 5.41) is 15.3. The number of carbonyl (C=O) groups excluding carboxylic acids is 2. The van der Waals surface area contributed by atoms with Gasteiger partial charge in [-0.15, -0.1) is 0 Å². The molecule has 8 nitrogen and oxygen atoms in total. The molecule has 1 aliphatic heterocycles. The van der Waals surface area contributed by atoms with Gasteiger partial charge in [0, 0.05) is 38.0 Å². The third kappa shape index (κ3) is 5.90. The van der Waals surface area contributed by atoms with E-state index < -0.39 is 17.6 Å². The van der Waals surface area contributed by atoms with Crippen LogP contribution >= 0.6 is 0 Å². The van der Waals surface area contributed by atoms with Crippen molar-refractivity contribution in [3.8, 4) is 11.1 Å². The average Bonchev–Trinajstić information content (AvgIpc) is 3.69.